The second-order valence-corrected chi connectivity index (χ2v) is 15.1. The Morgan fingerprint density at radius 2 is 0.917 bits per heavy atom. The fourth-order valence-electron chi connectivity index (χ4n) is 5.88. The highest BCUT2D eigenvalue weighted by Crippen LogP contribution is 2.19. The molecule has 0 aromatic carbocycles. The number of allylic oxidation sites excluding steroid dienone is 8. The van der Waals surface area contributed by atoms with E-state index >= 15 is 0 Å². The molecule has 280 valence electrons. The lowest BCUT2D eigenvalue weighted by atomic mass is 9.94. The van der Waals surface area contributed by atoms with Gasteiger partial charge in [0.25, 0.3) is 0 Å². The van der Waals surface area contributed by atoms with Gasteiger partial charge in [0.15, 0.2) is 0 Å². The van der Waals surface area contributed by atoms with Gasteiger partial charge in [-0.25, -0.2) is 4.79 Å². The van der Waals surface area contributed by atoms with Gasteiger partial charge in [0.05, 0.1) is 21.1 Å². The Hall–Kier alpha value is -1.81. The Labute approximate surface area is 300 Å². The second-order valence-electron chi connectivity index (χ2n) is 15.1. The van der Waals surface area contributed by atoms with Crippen LogP contribution in [0.1, 0.15) is 181 Å². The van der Waals surface area contributed by atoms with Crippen molar-refractivity contribution in [2.45, 2.75) is 181 Å². The quantitative estimate of drug-likeness (QED) is 0.0414. The Kier molecular flexibility index (Phi) is 35.1. The Morgan fingerprint density at radius 1 is 0.542 bits per heavy atom. The van der Waals surface area contributed by atoms with E-state index in [-0.39, 0.29) is 6.09 Å². The monoisotopic (exact) mass is 672 g/mol. The number of likely N-dealkylation sites (N-methyl/N-ethyl adjacent to an activating group) is 1. The topological polar surface area (TPSA) is 38.3 Å². The highest BCUT2D eigenvalue weighted by molar-refractivity contribution is 5.67. The van der Waals surface area contributed by atoms with E-state index in [1.165, 1.54) is 154 Å². The van der Waals surface area contributed by atoms with Crippen molar-refractivity contribution in [3.05, 3.63) is 48.6 Å². The Balaban J connectivity index is 4.11. The lowest BCUT2D eigenvalue weighted by molar-refractivity contribution is -0.870. The van der Waals surface area contributed by atoms with Crippen LogP contribution in [0.15, 0.2) is 48.6 Å². The van der Waals surface area contributed by atoms with Crippen molar-refractivity contribution in [1.82, 2.24) is 5.32 Å². The standard InChI is InChI=1S/C44H82N2O2/c1-6-8-10-12-14-16-18-20-22-24-26-28-30-32-34-36-38-43(42-45-44(47)48-41-40-46(3,4)5)39-37-35-33-31-29-27-25-23-21-19-17-15-13-11-9-7-2/h14-17,20-23,43H,6-13,18-19,24-42H2,1-5H3/p+1. The smallest absolute Gasteiger partial charge is 0.407 e. The van der Waals surface area contributed by atoms with Crippen LogP contribution >= 0.6 is 0 Å². The van der Waals surface area contributed by atoms with Crippen molar-refractivity contribution in [2.24, 2.45) is 5.92 Å². The van der Waals surface area contributed by atoms with Crippen molar-refractivity contribution >= 4 is 6.09 Å². The molecule has 1 amide bonds. The third-order valence-corrected chi connectivity index (χ3v) is 9.16. The number of unbranched alkanes of at least 4 members (excludes halogenated alkanes) is 18. The molecule has 0 aromatic heterocycles. The third kappa shape index (κ3) is 38.6. The number of carbonyl (C=O) groups excluding carboxylic acids is 1. The van der Waals surface area contributed by atoms with Crippen LogP contribution in [0.4, 0.5) is 4.79 Å². The first-order valence-corrected chi connectivity index (χ1v) is 20.7. The van der Waals surface area contributed by atoms with Gasteiger partial charge in [0.1, 0.15) is 13.2 Å². The lowest BCUT2D eigenvalue weighted by Gasteiger charge is -2.23. The molecule has 0 aromatic rings. The number of carbonyl (C=O) groups is 1. The maximum Gasteiger partial charge on any atom is 0.407 e. The summed E-state index contributed by atoms with van der Waals surface area (Å²) < 4.78 is 6.26. The van der Waals surface area contributed by atoms with Gasteiger partial charge in [-0.15, -0.1) is 0 Å². The number of nitrogens with zero attached hydrogens (tertiary/aromatic N) is 1. The summed E-state index contributed by atoms with van der Waals surface area (Å²) in [6.45, 7) is 6.58. The summed E-state index contributed by atoms with van der Waals surface area (Å²) in [5.74, 6) is 0.563. The van der Waals surface area contributed by atoms with E-state index in [2.05, 4.69) is 88.9 Å². The van der Waals surface area contributed by atoms with Crippen LogP contribution in [0.2, 0.25) is 0 Å². The number of amides is 1. The molecule has 0 unspecified atom stereocenters. The summed E-state index contributed by atoms with van der Waals surface area (Å²) in [6.07, 6.45) is 51.8. The van der Waals surface area contributed by atoms with Crippen LogP contribution in [0.3, 0.4) is 0 Å². The molecule has 1 N–H and O–H groups in total. The predicted molar refractivity (Wildman–Crippen MR) is 214 cm³/mol. The molecule has 0 heterocycles. The zero-order chi connectivity index (χ0) is 35.2. The minimum atomic E-state index is -0.248. The molecule has 0 saturated carbocycles. The van der Waals surface area contributed by atoms with Gasteiger partial charge in [-0.3, -0.25) is 0 Å². The van der Waals surface area contributed by atoms with Crippen molar-refractivity contribution in [1.29, 1.82) is 0 Å². The molecule has 0 spiro atoms. The van der Waals surface area contributed by atoms with Gasteiger partial charge in [0, 0.05) is 6.54 Å². The molecule has 48 heavy (non-hydrogen) atoms. The molecule has 0 aliphatic rings. The normalized spacial score (nSPS) is 13.1. The number of hydrogen-bond donors (Lipinski definition) is 1. The molecule has 0 radical (unpaired) electrons. The zero-order valence-electron chi connectivity index (χ0n) is 33.0. The second kappa shape index (κ2) is 36.5. The predicted octanol–water partition coefficient (Wildman–Crippen LogP) is 13.4. The Bertz CT molecular complexity index is 744. The van der Waals surface area contributed by atoms with E-state index in [1.807, 2.05) is 0 Å². The number of alkyl carbamates (subject to hydrolysis) is 1. The van der Waals surface area contributed by atoms with E-state index in [4.69, 9.17) is 4.74 Å². The first-order valence-electron chi connectivity index (χ1n) is 20.7. The summed E-state index contributed by atoms with van der Waals surface area (Å²) in [4.78, 5) is 12.3. The maximum absolute atomic E-state index is 12.3. The minimum Gasteiger partial charge on any atom is -0.444 e. The average molecular weight is 672 g/mol. The molecule has 0 aliphatic carbocycles. The molecular formula is C44H83N2O2+. The molecular weight excluding hydrogens is 588 g/mol. The van der Waals surface area contributed by atoms with E-state index in [0.29, 0.717) is 12.5 Å². The highest BCUT2D eigenvalue weighted by atomic mass is 16.5. The molecule has 0 bridgehead atoms. The molecule has 0 atom stereocenters. The number of ether oxygens (including phenoxy) is 1. The van der Waals surface area contributed by atoms with Crippen molar-refractivity contribution in [3.8, 4) is 0 Å². The van der Waals surface area contributed by atoms with Gasteiger partial charge in [0.2, 0.25) is 0 Å². The number of quaternary nitrogens is 1. The zero-order valence-corrected chi connectivity index (χ0v) is 33.0. The third-order valence-electron chi connectivity index (χ3n) is 9.16. The maximum atomic E-state index is 12.3. The van der Waals surface area contributed by atoms with E-state index in [1.54, 1.807) is 0 Å². The van der Waals surface area contributed by atoms with Crippen LogP contribution in [0, 0.1) is 5.92 Å². The molecule has 0 saturated heterocycles. The van der Waals surface area contributed by atoms with Crippen molar-refractivity contribution < 1.29 is 14.0 Å². The summed E-state index contributed by atoms with van der Waals surface area (Å²) in [7, 11) is 6.37. The van der Waals surface area contributed by atoms with E-state index in [0.717, 1.165) is 30.4 Å². The van der Waals surface area contributed by atoms with Crippen molar-refractivity contribution in [2.75, 3.05) is 40.8 Å². The number of hydrogen-bond acceptors (Lipinski definition) is 2. The fraction of sp³-hybridized carbons (Fsp3) is 0.795. The first-order chi connectivity index (χ1) is 23.4. The summed E-state index contributed by atoms with van der Waals surface area (Å²) in [5.41, 5.74) is 0. The fourth-order valence-corrected chi connectivity index (χ4v) is 5.88. The van der Waals surface area contributed by atoms with Gasteiger partial charge in [-0.05, 0) is 83.0 Å². The molecule has 0 aliphatic heterocycles. The van der Waals surface area contributed by atoms with Crippen LogP contribution < -0.4 is 5.32 Å². The number of nitrogens with one attached hydrogen (secondary N) is 1. The SMILES string of the molecule is CCCCCC=CCC=CCCCCCCCCC(CCCCCCCCC=CCC=CCCCCC)CNC(=O)OCC[N+](C)(C)C. The number of rotatable bonds is 35. The van der Waals surface area contributed by atoms with Gasteiger partial charge < -0.3 is 14.5 Å². The molecule has 4 nitrogen and oxygen atoms in total. The summed E-state index contributed by atoms with van der Waals surface area (Å²) in [5, 5.41) is 3.09. The minimum absolute atomic E-state index is 0.248. The first kappa shape index (κ1) is 46.2. The van der Waals surface area contributed by atoms with E-state index in [9.17, 15) is 4.79 Å². The lowest BCUT2D eigenvalue weighted by Crippen LogP contribution is -2.39. The van der Waals surface area contributed by atoms with E-state index < -0.39 is 0 Å². The largest absolute Gasteiger partial charge is 0.444 e. The average Bonchev–Trinajstić information content (AvgIpc) is 3.05. The molecule has 0 fully saturated rings. The summed E-state index contributed by atoms with van der Waals surface area (Å²) >= 11 is 0. The molecule has 4 heteroatoms. The van der Waals surface area contributed by atoms with Gasteiger partial charge in [-0.1, -0.05) is 152 Å². The Morgan fingerprint density at radius 3 is 1.31 bits per heavy atom. The van der Waals surface area contributed by atoms with Gasteiger partial charge >= 0.3 is 6.09 Å². The van der Waals surface area contributed by atoms with Crippen LogP contribution in [-0.4, -0.2) is 51.4 Å². The molecule has 0 rings (SSSR count). The van der Waals surface area contributed by atoms with Crippen LogP contribution in [0.25, 0.3) is 0 Å². The van der Waals surface area contributed by atoms with Crippen molar-refractivity contribution in [3.63, 3.8) is 0 Å². The summed E-state index contributed by atoms with van der Waals surface area (Å²) in [6, 6.07) is 0. The van der Waals surface area contributed by atoms with Gasteiger partial charge in [-0.2, -0.15) is 0 Å². The highest BCUT2D eigenvalue weighted by Gasteiger charge is 2.13. The van der Waals surface area contributed by atoms with Crippen LogP contribution in [-0.2, 0) is 4.74 Å². The van der Waals surface area contributed by atoms with Crippen LogP contribution in [0.5, 0.6) is 0 Å².